The topological polar surface area (TPSA) is 62.1 Å². The summed E-state index contributed by atoms with van der Waals surface area (Å²) in [6, 6.07) is 16.1. The fraction of sp³-hybridized carbons (Fsp3) is 0.227. The van der Waals surface area contributed by atoms with Crippen molar-refractivity contribution in [1.82, 2.24) is 19.7 Å². The molecule has 0 atom stereocenters. The Balaban J connectivity index is 1.50. The number of para-hydroxylation sites is 1. The van der Waals surface area contributed by atoms with Crippen molar-refractivity contribution in [3.63, 3.8) is 0 Å². The highest BCUT2D eigenvalue weighted by molar-refractivity contribution is 7.98. The summed E-state index contributed by atoms with van der Waals surface area (Å²) in [4.78, 5) is 4.80. The predicted molar refractivity (Wildman–Crippen MR) is 121 cm³/mol. The van der Waals surface area contributed by atoms with Gasteiger partial charge in [-0.3, -0.25) is 4.57 Å². The second-order valence-corrected chi connectivity index (χ2v) is 8.23. The van der Waals surface area contributed by atoms with Crippen LogP contribution in [0.4, 0.5) is 0 Å². The van der Waals surface area contributed by atoms with Gasteiger partial charge < -0.3 is 9.47 Å². The number of rotatable bonds is 8. The summed E-state index contributed by atoms with van der Waals surface area (Å²) in [5, 5.41) is 12.5. The molecular formula is C22H22N4O2S2. The average Bonchev–Trinajstić information content (AvgIpc) is 3.40. The highest BCUT2D eigenvalue weighted by Gasteiger charge is 2.14. The predicted octanol–water partition coefficient (Wildman–Crippen LogP) is 5.40. The molecule has 0 saturated heterocycles. The number of thioether (sulfide) groups is 1. The number of hydrogen-bond acceptors (Lipinski definition) is 7. The van der Waals surface area contributed by atoms with E-state index >= 15 is 0 Å². The third-order valence-electron chi connectivity index (χ3n) is 4.42. The first-order valence-corrected chi connectivity index (χ1v) is 11.4. The zero-order valence-corrected chi connectivity index (χ0v) is 18.7. The van der Waals surface area contributed by atoms with Crippen LogP contribution in [0.25, 0.3) is 16.3 Å². The van der Waals surface area contributed by atoms with E-state index in [-0.39, 0.29) is 0 Å². The Hall–Kier alpha value is -2.84. The summed E-state index contributed by atoms with van der Waals surface area (Å²) in [6.07, 6.45) is 0. The zero-order chi connectivity index (χ0) is 20.9. The maximum atomic E-state index is 5.60. The summed E-state index contributed by atoms with van der Waals surface area (Å²) in [5.74, 6) is 3.04. The molecule has 0 fully saturated rings. The SMILES string of the molecule is CCOc1ccc(-c2nc(CSc3nnc(C)n3-c3ccccc3)cs2)cc1OC. The van der Waals surface area contributed by atoms with Crippen molar-refractivity contribution in [2.45, 2.75) is 24.8 Å². The lowest BCUT2D eigenvalue weighted by molar-refractivity contribution is 0.311. The lowest BCUT2D eigenvalue weighted by Gasteiger charge is -2.10. The van der Waals surface area contributed by atoms with Gasteiger partial charge in [0.2, 0.25) is 0 Å². The minimum absolute atomic E-state index is 0.599. The Bertz CT molecular complexity index is 1130. The molecule has 0 saturated carbocycles. The second kappa shape index (κ2) is 9.32. The quantitative estimate of drug-likeness (QED) is 0.343. The Kier molecular flexibility index (Phi) is 6.35. The van der Waals surface area contributed by atoms with Gasteiger partial charge in [-0.2, -0.15) is 0 Å². The second-order valence-electron chi connectivity index (χ2n) is 6.43. The largest absolute Gasteiger partial charge is 0.493 e. The highest BCUT2D eigenvalue weighted by atomic mass is 32.2. The molecule has 30 heavy (non-hydrogen) atoms. The summed E-state index contributed by atoms with van der Waals surface area (Å²) in [5.41, 5.74) is 3.08. The molecule has 0 aliphatic carbocycles. The van der Waals surface area contributed by atoms with E-state index in [1.165, 1.54) is 0 Å². The molecule has 0 aliphatic heterocycles. The summed E-state index contributed by atoms with van der Waals surface area (Å²) in [7, 11) is 1.65. The van der Waals surface area contributed by atoms with E-state index in [9.17, 15) is 0 Å². The van der Waals surface area contributed by atoms with Gasteiger partial charge in [-0.05, 0) is 44.2 Å². The zero-order valence-electron chi connectivity index (χ0n) is 17.0. The molecule has 154 valence electrons. The summed E-state index contributed by atoms with van der Waals surface area (Å²) < 4.78 is 13.1. The number of ether oxygens (including phenoxy) is 2. The molecule has 0 amide bonds. The molecule has 0 N–H and O–H groups in total. The Morgan fingerprint density at radius 2 is 1.90 bits per heavy atom. The molecule has 0 aliphatic rings. The van der Waals surface area contributed by atoms with Gasteiger partial charge >= 0.3 is 0 Å². The fourth-order valence-electron chi connectivity index (χ4n) is 3.03. The number of benzene rings is 2. The van der Waals surface area contributed by atoms with E-state index in [2.05, 4.69) is 32.3 Å². The van der Waals surface area contributed by atoms with Crippen molar-refractivity contribution in [2.75, 3.05) is 13.7 Å². The first kappa shape index (κ1) is 20.4. The van der Waals surface area contributed by atoms with Gasteiger partial charge in [-0.1, -0.05) is 30.0 Å². The number of nitrogens with zero attached hydrogens (tertiary/aromatic N) is 4. The van der Waals surface area contributed by atoms with E-state index < -0.39 is 0 Å². The van der Waals surface area contributed by atoms with E-state index in [1.807, 2.05) is 50.2 Å². The molecule has 8 heteroatoms. The molecule has 0 radical (unpaired) electrons. The third kappa shape index (κ3) is 4.34. The monoisotopic (exact) mass is 438 g/mol. The lowest BCUT2D eigenvalue weighted by Crippen LogP contribution is -1.99. The third-order valence-corrected chi connectivity index (χ3v) is 6.32. The Morgan fingerprint density at radius 3 is 2.67 bits per heavy atom. The van der Waals surface area contributed by atoms with Crippen LogP contribution in [0.1, 0.15) is 18.4 Å². The molecule has 2 heterocycles. The normalized spacial score (nSPS) is 10.9. The van der Waals surface area contributed by atoms with Gasteiger partial charge in [-0.25, -0.2) is 4.98 Å². The van der Waals surface area contributed by atoms with E-state index in [0.29, 0.717) is 12.4 Å². The van der Waals surface area contributed by atoms with Crippen LogP contribution in [-0.2, 0) is 5.75 Å². The molecular weight excluding hydrogens is 416 g/mol. The Morgan fingerprint density at radius 1 is 1.07 bits per heavy atom. The summed E-state index contributed by atoms with van der Waals surface area (Å²) in [6.45, 7) is 4.52. The minimum Gasteiger partial charge on any atom is -0.493 e. The van der Waals surface area contributed by atoms with Crippen LogP contribution in [-0.4, -0.2) is 33.5 Å². The first-order valence-electron chi connectivity index (χ1n) is 9.55. The van der Waals surface area contributed by atoms with E-state index in [0.717, 1.165) is 44.4 Å². The van der Waals surface area contributed by atoms with Crippen LogP contribution in [0.2, 0.25) is 0 Å². The number of thiazole rings is 1. The van der Waals surface area contributed by atoms with Crippen LogP contribution in [0.3, 0.4) is 0 Å². The van der Waals surface area contributed by atoms with Crippen molar-refractivity contribution in [3.8, 4) is 27.8 Å². The molecule has 0 bridgehead atoms. The lowest BCUT2D eigenvalue weighted by atomic mass is 10.2. The smallest absolute Gasteiger partial charge is 0.196 e. The van der Waals surface area contributed by atoms with Gasteiger partial charge in [0.1, 0.15) is 10.8 Å². The maximum Gasteiger partial charge on any atom is 0.196 e. The fourth-order valence-corrected chi connectivity index (χ4v) is 4.84. The number of methoxy groups -OCH3 is 1. The Labute approximate surface area is 183 Å². The summed E-state index contributed by atoms with van der Waals surface area (Å²) >= 11 is 3.25. The standard InChI is InChI=1S/C22H22N4O2S2/c1-4-28-19-11-10-16(12-20(19)27-3)21-23-17(13-29-21)14-30-22-25-24-15(2)26(22)18-8-6-5-7-9-18/h5-13H,4,14H2,1-3H3. The van der Waals surface area contributed by atoms with Crippen LogP contribution in [0, 0.1) is 6.92 Å². The molecule has 6 nitrogen and oxygen atoms in total. The number of aromatic nitrogens is 4. The van der Waals surface area contributed by atoms with Crippen LogP contribution < -0.4 is 9.47 Å². The molecule has 2 aromatic carbocycles. The van der Waals surface area contributed by atoms with E-state index in [4.69, 9.17) is 14.5 Å². The molecule has 0 spiro atoms. The molecule has 4 aromatic rings. The van der Waals surface area contributed by atoms with Crippen molar-refractivity contribution >= 4 is 23.1 Å². The molecule has 4 rings (SSSR count). The highest BCUT2D eigenvalue weighted by Crippen LogP contribution is 2.34. The van der Waals surface area contributed by atoms with Crippen LogP contribution in [0.5, 0.6) is 11.5 Å². The maximum absolute atomic E-state index is 5.60. The van der Waals surface area contributed by atoms with Crippen molar-refractivity contribution in [3.05, 3.63) is 65.4 Å². The van der Waals surface area contributed by atoms with Gasteiger partial charge in [-0.15, -0.1) is 21.5 Å². The van der Waals surface area contributed by atoms with Crippen molar-refractivity contribution in [1.29, 1.82) is 0 Å². The van der Waals surface area contributed by atoms with Gasteiger partial charge in [0.05, 0.1) is 19.4 Å². The average molecular weight is 439 g/mol. The van der Waals surface area contributed by atoms with Crippen molar-refractivity contribution in [2.24, 2.45) is 0 Å². The van der Waals surface area contributed by atoms with Gasteiger partial charge in [0.25, 0.3) is 0 Å². The van der Waals surface area contributed by atoms with Crippen LogP contribution in [0.15, 0.2) is 59.1 Å². The van der Waals surface area contributed by atoms with Crippen LogP contribution >= 0.6 is 23.1 Å². The molecule has 2 aromatic heterocycles. The van der Waals surface area contributed by atoms with Gasteiger partial charge in [0.15, 0.2) is 16.7 Å². The number of hydrogen-bond donors (Lipinski definition) is 0. The van der Waals surface area contributed by atoms with E-state index in [1.54, 1.807) is 30.2 Å². The molecule has 0 unspecified atom stereocenters. The van der Waals surface area contributed by atoms with Gasteiger partial charge in [0, 0.05) is 22.4 Å². The van der Waals surface area contributed by atoms with Crippen molar-refractivity contribution < 1.29 is 9.47 Å². The minimum atomic E-state index is 0.599. The number of aryl methyl sites for hydroxylation is 1. The first-order chi connectivity index (χ1) is 14.7.